The lowest BCUT2D eigenvalue weighted by Gasteiger charge is -2.19. The molecular formula is C19H20N2O. The summed E-state index contributed by atoms with van der Waals surface area (Å²) in [5.41, 5.74) is 5.12. The van der Waals surface area contributed by atoms with Crippen LogP contribution < -0.4 is 4.90 Å². The van der Waals surface area contributed by atoms with Crippen LogP contribution in [0.4, 0.5) is 10.5 Å². The van der Waals surface area contributed by atoms with E-state index in [-0.39, 0.29) is 6.03 Å². The molecule has 2 aromatic rings. The number of carbonyl (C=O) groups is 1. The second-order valence-corrected chi connectivity index (χ2v) is 6.15. The number of hydrogen-bond acceptors (Lipinski definition) is 1. The first-order valence-electron chi connectivity index (χ1n) is 8.03. The summed E-state index contributed by atoms with van der Waals surface area (Å²) in [6.07, 6.45) is 3.58. The number of hydrogen-bond donors (Lipinski definition) is 0. The zero-order chi connectivity index (χ0) is 14.9. The lowest BCUT2D eigenvalue weighted by Crippen LogP contribution is -2.31. The van der Waals surface area contributed by atoms with Gasteiger partial charge in [0.2, 0.25) is 0 Å². The molecule has 0 atom stereocenters. The van der Waals surface area contributed by atoms with Gasteiger partial charge in [-0.05, 0) is 48.1 Å². The molecule has 2 aromatic carbocycles. The third kappa shape index (κ3) is 2.37. The highest BCUT2D eigenvalue weighted by atomic mass is 16.2. The second-order valence-electron chi connectivity index (χ2n) is 6.15. The summed E-state index contributed by atoms with van der Waals surface area (Å²) >= 11 is 0. The summed E-state index contributed by atoms with van der Waals surface area (Å²) in [6, 6.07) is 16.8. The molecule has 1 saturated heterocycles. The number of aryl methyl sites for hydroxylation is 2. The van der Waals surface area contributed by atoms with Gasteiger partial charge in [0.05, 0.1) is 0 Å². The Balaban J connectivity index is 1.52. The van der Waals surface area contributed by atoms with E-state index in [1.165, 1.54) is 29.5 Å². The molecule has 2 amide bonds. The molecule has 1 aliphatic heterocycles. The Kier molecular flexibility index (Phi) is 3.34. The standard InChI is InChI=1S/C19H20N2O/c22-19-20(14-15-5-2-1-3-6-15)11-12-21(19)18-10-9-16-7-4-8-17(16)13-18/h1-3,5-6,9-10,13H,4,7-8,11-12,14H2. The molecular weight excluding hydrogens is 272 g/mol. The van der Waals surface area contributed by atoms with Crippen molar-refractivity contribution in [3.05, 3.63) is 65.2 Å². The van der Waals surface area contributed by atoms with E-state index in [1.54, 1.807) is 0 Å². The van der Waals surface area contributed by atoms with Crippen LogP contribution in [-0.2, 0) is 19.4 Å². The van der Waals surface area contributed by atoms with Crippen LogP contribution in [0.15, 0.2) is 48.5 Å². The number of urea groups is 1. The average Bonchev–Trinajstić information content (AvgIpc) is 3.15. The highest BCUT2D eigenvalue weighted by molar-refractivity contribution is 5.94. The van der Waals surface area contributed by atoms with Gasteiger partial charge in [-0.2, -0.15) is 0 Å². The molecule has 3 nitrogen and oxygen atoms in total. The molecule has 0 spiro atoms. The van der Waals surface area contributed by atoms with Crippen LogP contribution in [0.2, 0.25) is 0 Å². The maximum absolute atomic E-state index is 12.7. The van der Waals surface area contributed by atoms with Crippen molar-refractivity contribution in [2.45, 2.75) is 25.8 Å². The maximum atomic E-state index is 12.7. The van der Waals surface area contributed by atoms with E-state index in [2.05, 4.69) is 30.3 Å². The molecule has 0 aromatic heterocycles. The minimum Gasteiger partial charge on any atom is -0.318 e. The third-order valence-electron chi connectivity index (χ3n) is 4.70. The number of anilines is 1. The van der Waals surface area contributed by atoms with Gasteiger partial charge < -0.3 is 4.90 Å². The highest BCUT2D eigenvalue weighted by Crippen LogP contribution is 2.29. The molecule has 1 fully saturated rings. The van der Waals surface area contributed by atoms with Gasteiger partial charge >= 0.3 is 6.03 Å². The van der Waals surface area contributed by atoms with Crippen molar-refractivity contribution in [3.8, 4) is 0 Å². The van der Waals surface area contributed by atoms with Crippen LogP contribution in [0.1, 0.15) is 23.1 Å². The van der Waals surface area contributed by atoms with E-state index < -0.39 is 0 Å². The SMILES string of the molecule is O=C1N(Cc2ccccc2)CCN1c1ccc2c(c1)CCC2. The Bertz CT molecular complexity index is 696. The van der Waals surface area contributed by atoms with E-state index in [9.17, 15) is 4.79 Å². The molecule has 0 saturated carbocycles. The Morgan fingerprint density at radius 3 is 2.59 bits per heavy atom. The molecule has 112 valence electrons. The van der Waals surface area contributed by atoms with Crippen molar-refractivity contribution in [2.75, 3.05) is 18.0 Å². The summed E-state index contributed by atoms with van der Waals surface area (Å²) in [5.74, 6) is 0. The van der Waals surface area contributed by atoms with E-state index in [0.29, 0.717) is 6.54 Å². The van der Waals surface area contributed by atoms with Gasteiger partial charge in [-0.25, -0.2) is 4.79 Å². The number of fused-ring (bicyclic) bond motifs is 1. The van der Waals surface area contributed by atoms with Crippen LogP contribution >= 0.6 is 0 Å². The van der Waals surface area contributed by atoms with Gasteiger partial charge in [-0.15, -0.1) is 0 Å². The van der Waals surface area contributed by atoms with Crippen LogP contribution in [0.5, 0.6) is 0 Å². The average molecular weight is 292 g/mol. The predicted octanol–water partition coefficient (Wildman–Crippen LogP) is 3.62. The maximum Gasteiger partial charge on any atom is 0.324 e. The molecule has 0 unspecified atom stereocenters. The highest BCUT2D eigenvalue weighted by Gasteiger charge is 2.30. The number of rotatable bonds is 3. The summed E-state index contributed by atoms with van der Waals surface area (Å²) in [6.45, 7) is 2.27. The lowest BCUT2D eigenvalue weighted by molar-refractivity contribution is 0.219. The van der Waals surface area contributed by atoms with E-state index in [0.717, 1.165) is 25.2 Å². The quantitative estimate of drug-likeness (QED) is 0.847. The summed E-state index contributed by atoms with van der Waals surface area (Å²) in [5, 5.41) is 0. The molecule has 4 rings (SSSR count). The van der Waals surface area contributed by atoms with Gasteiger partial charge in [-0.3, -0.25) is 4.90 Å². The van der Waals surface area contributed by atoms with Crippen molar-refractivity contribution in [1.29, 1.82) is 0 Å². The minimum atomic E-state index is 0.127. The lowest BCUT2D eigenvalue weighted by atomic mass is 10.1. The van der Waals surface area contributed by atoms with Crippen molar-refractivity contribution < 1.29 is 4.79 Å². The first-order chi connectivity index (χ1) is 10.8. The number of carbonyl (C=O) groups excluding carboxylic acids is 1. The second kappa shape index (κ2) is 5.48. The summed E-state index contributed by atoms with van der Waals surface area (Å²) in [7, 11) is 0. The van der Waals surface area contributed by atoms with Crippen LogP contribution in [-0.4, -0.2) is 24.0 Å². The first-order valence-corrected chi connectivity index (χ1v) is 8.03. The Morgan fingerprint density at radius 1 is 0.909 bits per heavy atom. The number of amides is 2. The third-order valence-corrected chi connectivity index (χ3v) is 4.70. The van der Waals surface area contributed by atoms with Gasteiger partial charge in [-0.1, -0.05) is 36.4 Å². The molecule has 1 aliphatic carbocycles. The zero-order valence-corrected chi connectivity index (χ0v) is 12.7. The van der Waals surface area contributed by atoms with Crippen molar-refractivity contribution in [3.63, 3.8) is 0 Å². The minimum absolute atomic E-state index is 0.127. The van der Waals surface area contributed by atoms with Gasteiger partial charge in [0, 0.05) is 25.3 Å². The van der Waals surface area contributed by atoms with Gasteiger partial charge in [0.25, 0.3) is 0 Å². The van der Waals surface area contributed by atoms with E-state index >= 15 is 0 Å². The molecule has 0 bridgehead atoms. The molecule has 0 radical (unpaired) electrons. The predicted molar refractivity (Wildman–Crippen MR) is 88.1 cm³/mol. The first kappa shape index (κ1) is 13.4. The van der Waals surface area contributed by atoms with Crippen LogP contribution in [0, 0.1) is 0 Å². The van der Waals surface area contributed by atoms with E-state index in [4.69, 9.17) is 0 Å². The van der Waals surface area contributed by atoms with Crippen molar-refractivity contribution in [1.82, 2.24) is 4.90 Å². The zero-order valence-electron chi connectivity index (χ0n) is 12.7. The molecule has 1 heterocycles. The fraction of sp³-hybridized carbons (Fsp3) is 0.316. The smallest absolute Gasteiger partial charge is 0.318 e. The fourth-order valence-electron chi connectivity index (χ4n) is 3.50. The van der Waals surface area contributed by atoms with Gasteiger partial charge in [0.1, 0.15) is 0 Å². The monoisotopic (exact) mass is 292 g/mol. The molecule has 22 heavy (non-hydrogen) atoms. The summed E-state index contributed by atoms with van der Waals surface area (Å²) in [4.78, 5) is 16.5. The Morgan fingerprint density at radius 2 is 1.73 bits per heavy atom. The molecule has 3 heteroatoms. The number of nitrogens with zero attached hydrogens (tertiary/aromatic N) is 2. The van der Waals surface area contributed by atoms with Gasteiger partial charge in [0.15, 0.2) is 0 Å². The van der Waals surface area contributed by atoms with Crippen molar-refractivity contribution in [2.24, 2.45) is 0 Å². The summed E-state index contributed by atoms with van der Waals surface area (Å²) < 4.78 is 0. The van der Waals surface area contributed by atoms with E-state index in [1.807, 2.05) is 28.0 Å². The molecule has 0 N–H and O–H groups in total. The Hall–Kier alpha value is -2.29. The van der Waals surface area contributed by atoms with Crippen LogP contribution in [0.3, 0.4) is 0 Å². The largest absolute Gasteiger partial charge is 0.324 e. The van der Waals surface area contributed by atoms with Crippen molar-refractivity contribution >= 4 is 11.7 Å². The molecule has 2 aliphatic rings. The van der Waals surface area contributed by atoms with Crippen LogP contribution in [0.25, 0.3) is 0 Å². The Labute approximate surface area is 131 Å². The normalized spacial score (nSPS) is 17.2. The fourth-order valence-corrected chi connectivity index (χ4v) is 3.50. The number of benzene rings is 2. The topological polar surface area (TPSA) is 23.6 Å².